The Morgan fingerprint density at radius 3 is 2.61 bits per heavy atom. The van der Waals surface area contributed by atoms with Crippen molar-refractivity contribution in [1.82, 2.24) is 9.88 Å². The summed E-state index contributed by atoms with van der Waals surface area (Å²) in [6, 6.07) is 28.7. The van der Waals surface area contributed by atoms with E-state index in [1.165, 1.54) is 16.7 Å². The van der Waals surface area contributed by atoms with Crippen molar-refractivity contribution in [3.05, 3.63) is 101 Å². The Hall–Kier alpha value is -3.17. The second-order valence-electron chi connectivity index (χ2n) is 8.49. The maximum atomic E-state index is 4.67. The topological polar surface area (TPSA) is 28.2 Å². The van der Waals surface area contributed by atoms with Crippen LogP contribution in [-0.2, 0) is 13.0 Å². The molecule has 0 aliphatic carbocycles. The lowest BCUT2D eigenvalue weighted by Gasteiger charge is -2.35. The predicted molar refractivity (Wildman–Crippen MR) is 130 cm³/mol. The highest BCUT2D eigenvalue weighted by Crippen LogP contribution is 2.33. The van der Waals surface area contributed by atoms with Crippen LogP contribution in [0.3, 0.4) is 0 Å². The molecule has 0 bridgehead atoms. The van der Waals surface area contributed by atoms with Gasteiger partial charge in [-0.15, -0.1) is 0 Å². The molecule has 4 aromatic rings. The average Bonchev–Trinajstić information content (AvgIpc) is 2.80. The fourth-order valence-corrected chi connectivity index (χ4v) is 4.88. The van der Waals surface area contributed by atoms with Crippen LogP contribution in [0.5, 0.6) is 0 Å². The smallest absolute Gasteiger partial charge is 0.0726 e. The number of nitrogens with zero attached hydrogens (tertiary/aromatic N) is 2. The zero-order valence-electron chi connectivity index (χ0n) is 18.3. The van der Waals surface area contributed by atoms with Gasteiger partial charge in [0.05, 0.1) is 5.52 Å². The molecule has 0 fully saturated rings. The molecule has 1 aliphatic rings. The lowest BCUT2D eigenvalue weighted by molar-refractivity contribution is 0.174. The minimum absolute atomic E-state index is 0.422. The third-order valence-electron chi connectivity index (χ3n) is 6.38. The molecule has 5 rings (SSSR count). The number of pyridine rings is 1. The van der Waals surface area contributed by atoms with Crippen molar-refractivity contribution in [1.29, 1.82) is 0 Å². The number of hydrogen-bond donors (Lipinski definition) is 1. The highest BCUT2D eigenvalue weighted by atomic mass is 15.2. The molecular formula is C28H29N3. The molecule has 31 heavy (non-hydrogen) atoms. The fraction of sp³-hybridized carbons (Fsp3) is 0.250. The normalized spacial score (nSPS) is 14.9. The van der Waals surface area contributed by atoms with E-state index < -0.39 is 0 Å². The highest BCUT2D eigenvalue weighted by Gasteiger charge is 2.23. The van der Waals surface area contributed by atoms with Gasteiger partial charge in [0.2, 0.25) is 0 Å². The van der Waals surface area contributed by atoms with E-state index in [1.807, 2.05) is 6.07 Å². The molecule has 2 heterocycles. The van der Waals surface area contributed by atoms with Gasteiger partial charge in [-0.25, -0.2) is 0 Å². The van der Waals surface area contributed by atoms with Crippen molar-refractivity contribution in [2.24, 2.45) is 0 Å². The van der Waals surface area contributed by atoms with Gasteiger partial charge in [-0.3, -0.25) is 9.88 Å². The van der Waals surface area contributed by atoms with Crippen LogP contribution in [0, 0.1) is 6.92 Å². The molecule has 156 valence electrons. The number of hydrogen-bond acceptors (Lipinski definition) is 3. The van der Waals surface area contributed by atoms with E-state index in [-0.39, 0.29) is 0 Å². The Kier molecular flexibility index (Phi) is 5.44. The number of anilines is 2. The van der Waals surface area contributed by atoms with Gasteiger partial charge in [0.1, 0.15) is 0 Å². The van der Waals surface area contributed by atoms with Gasteiger partial charge in [0.25, 0.3) is 0 Å². The first-order valence-electron chi connectivity index (χ1n) is 11.3. The van der Waals surface area contributed by atoms with E-state index in [0.29, 0.717) is 6.04 Å². The summed E-state index contributed by atoms with van der Waals surface area (Å²) in [6.07, 6.45) is 2.23. The minimum Gasteiger partial charge on any atom is -0.355 e. The Morgan fingerprint density at radius 2 is 1.74 bits per heavy atom. The van der Waals surface area contributed by atoms with Crippen LogP contribution in [0.15, 0.2) is 78.9 Å². The van der Waals surface area contributed by atoms with Gasteiger partial charge in [-0.1, -0.05) is 61.5 Å². The maximum Gasteiger partial charge on any atom is 0.0726 e. The van der Waals surface area contributed by atoms with E-state index in [9.17, 15) is 0 Å². The summed E-state index contributed by atoms with van der Waals surface area (Å²) >= 11 is 0. The van der Waals surface area contributed by atoms with Gasteiger partial charge in [0.15, 0.2) is 0 Å². The van der Waals surface area contributed by atoms with Gasteiger partial charge >= 0.3 is 0 Å². The molecule has 0 saturated carbocycles. The van der Waals surface area contributed by atoms with Crippen molar-refractivity contribution in [2.75, 3.05) is 11.9 Å². The van der Waals surface area contributed by atoms with Crippen LogP contribution >= 0.6 is 0 Å². The first-order valence-corrected chi connectivity index (χ1v) is 11.3. The van der Waals surface area contributed by atoms with Crippen molar-refractivity contribution in [2.45, 2.75) is 39.3 Å². The second-order valence-corrected chi connectivity index (χ2v) is 8.49. The summed E-state index contributed by atoms with van der Waals surface area (Å²) in [7, 11) is 0. The van der Waals surface area contributed by atoms with Crippen LogP contribution in [0.25, 0.3) is 10.9 Å². The van der Waals surface area contributed by atoms with Crippen LogP contribution in [0.4, 0.5) is 11.4 Å². The fourth-order valence-electron chi connectivity index (χ4n) is 4.88. The van der Waals surface area contributed by atoms with E-state index in [4.69, 9.17) is 0 Å². The zero-order valence-corrected chi connectivity index (χ0v) is 18.3. The van der Waals surface area contributed by atoms with Crippen molar-refractivity contribution in [3.63, 3.8) is 0 Å². The lowest BCUT2D eigenvalue weighted by Crippen LogP contribution is -2.33. The molecule has 0 radical (unpaired) electrons. The largest absolute Gasteiger partial charge is 0.355 e. The molecular weight excluding hydrogens is 378 g/mol. The van der Waals surface area contributed by atoms with Crippen LogP contribution in [0.1, 0.15) is 41.8 Å². The summed E-state index contributed by atoms with van der Waals surface area (Å²) in [5.41, 5.74) is 8.64. The highest BCUT2D eigenvalue weighted by molar-refractivity contribution is 5.93. The van der Waals surface area contributed by atoms with Gasteiger partial charge < -0.3 is 5.32 Å². The van der Waals surface area contributed by atoms with Crippen LogP contribution < -0.4 is 5.32 Å². The SMILES string of the molecule is CCC(c1cccc(Nc2cc(C)nc3ccccc23)c1)N1CCc2ccccc2C1. The lowest BCUT2D eigenvalue weighted by atomic mass is 9.95. The molecule has 0 amide bonds. The first kappa shape index (κ1) is 19.8. The Balaban J connectivity index is 1.43. The Labute approximate surface area is 184 Å². The third-order valence-corrected chi connectivity index (χ3v) is 6.38. The number of aromatic nitrogens is 1. The first-order chi connectivity index (χ1) is 15.2. The number of nitrogens with one attached hydrogen (secondary N) is 1. The van der Waals surface area contributed by atoms with Crippen molar-refractivity contribution in [3.8, 4) is 0 Å². The summed E-state index contributed by atoms with van der Waals surface area (Å²) in [4.78, 5) is 7.30. The van der Waals surface area contributed by atoms with Crippen molar-refractivity contribution >= 4 is 22.3 Å². The van der Waals surface area contributed by atoms with Crippen molar-refractivity contribution < 1.29 is 0 Å². The van der Waals surface area contributed by atoms with E-state index in [1.54, 1.807) is 0 Å². The molecule has 3 nitrogen and oxygen atoms in total. The zero-order chi connectivity index (χ0) is 21.2. The van der Waals surface area contributed by atoms with Gasteiger partial charge in [-0.2, -0.15) is 0 Å². The number of benzene rings is 3. The molecule has 1 aliphatic heterocycles. The molecule has 1 aromatic heterocycles. The molecule has 0 spiro atoms. The average molecular weight is 408 g/mol. The van der Waals surface area contributed by atoms with Crippen LogP contribution in [-0.4, -0.2) is 16.4 Å². The maximum absolute atomic E-state index is 4.67. The van der Waals surface area contributed by atoms with Gasteiger partial charge in [-0.05, 0) is 60.7 Å². The quantitative estimate of drug-likeness (QED) is 0.394. The van der Waals surface area contributed by atoms with Crippen LogP contribution in [0.2, 0.25) is 0 Å². The number of aryl methyl sites for hydroxylation is 1. The van der Waals surface area contributed by atoms with E-state index in [0.717, 1.165) is 53.9 Å². The molecule has 1 N–H and O–H groups in total. The second kappa shape index (κ2) is 8.52. The summed E-state index contributed by atoms with van der Waals surface area (Å²) in [5.74, 6) is 0. The molecule has 3 heteroatoms. The summed E-state index contributed by atoms with van der Waals surface area (Å²) in [5, 5.41) is 4.82. The molecule has 0 saturated heterocycles. The molecule has 1 unspecified atom stereocenters. The molecule has 3 aromatic carbocycles. The minimum atomic E-state index is 0.422. The number of para-hydroxylation sites is 1. The molecule has 1 atom stereocenters. The standard InChI is InChI=1S/C28H29N3/c1-3-28(31-16-15-21-9-4-5-10-23(21)19-31)22-11-8-12-24(18-22)30-27-17-20(2)29-26-14-7-6-13-25(26)27/h4-14,17-18,28H,3,15-16,19H2,1-2H3,(H,29,30). The van der Waals surface area contributed by atoms with E-state index >= 15 is 0 Å². The van der Waals surface area contributed by atoms with Gasteiger partial charge in [0, 0.05) is 41.6 Å². The Morgan fingerprint density at radius 1 is 0.935 bits per heavy atom. The summed E-state index contributed by atoms with van der Waals surface area (Å²) in [6.45, 7) is 6.49. The number of fused-ring (bicyclic) bond motifs is 2. The Bertz CT molecular complexity index is 1210. The number of rotatable bonds is 5. The van der Waals surface area contributed by atoms with E-state index in [2.05, 4.69) is 102 Å². The third kappa shape index (κ3) is 4.06. The monoisotopic (exact) mass is 407 g/mol. The summed E-state index contributed by atoms with van der Waals surface area (Å²) < 4.78 is 0. The predicted octanol–water partition coefficient (Wildman–Crippen LogP) is 6.80.